The number of allylic oxidation sites excluding steroid dienone is 4. The summed E-state index contributed by atoms with van der Waals surface area (Å²) in [7, 11) is 0. The Morgan fingerprint density at radius 3 is 1.66 bits per heavy atom. The monoisotopic (exact) mass is 455 g/mol. The predicted molar refractivity (Wildman–Crippen MR) is 131 cm³/mol. The summed E-state index contributed by atoms with van der Waals surface area (Å²) < 4.78 is 2.08. The normalized spacial score (nSPS) is 10.3. The molecule has 0 amide bonds. The van der Waals surface area contributed by atoms with Crippen molar-refractivity contribution in [3.63, 3.8) is 0 Å². The standard InChI is InChI=1S/C13H9.C7H6.C5H5.CH3.2ClH.Ti/c1-3-7-12-10(5-1)9-11-6-2-4-8-13(11)12;1-7-5-3-2-4-6-7;1-2-4-5-3-1;;;;/h1-9H;1-6H;1-3H,4H2;1H3;2*1H;/q-1;;2*-1;;;. The summed E-state index contributed by atoms with van der Waals surface area (Å²) >= 11 is 2.04. The third kappa shape index (κ3) is 8.21. The number of hydrogen-bond acceptors (Lipinski definition) is 0. The van der Waals surface area contributed by atoms with Gasteiger partial charge in [0.25, 0.3) is 0 Å². The van der Waals surface area contributed by atoms with Crippen molar-refractivity contribution in [2.75, 3.05) is 0 Å². The van der Waals surface area contributed by atoms with Crippen LogP contribution in [-0.4, -0.2) is 4.31 Å². The summed E-state index contributed by atoms with van der Waals surface area (Å²) in [4.78, 5) is 0. The molecule has 0 N–H and O–H groups in total. The van der Waals surface area contributed by atoms with Crippen LogP contribution in [0.2, 0.25) is 0 Å². The Labute approximate surface area is 198 Å². The van der Waals surface area contributed by atoms with Crippen molar-refractivity contribution in [2.24, 2.45) is 0 Å². The fraction of sp³-hybridized carbons (Fsp3) is 0.0385. The van der Waals surface area contributed by atoms with Crippen LogP contribution in [0.15, 0.2) is 103 Å². The molecular weight excluding hydrogens is 431 g/mol. The summed E-state index contributed by atoms with van der Waals surface area (Å²) in [6.45, 7) is 0. The Morgan fingerprint density at radius 1 is 0.759 bits per heavy atom. The summed E-state index contributed by atoms with van der Waals surface area (Å²) in [5.74, 6) is 0. The first-order valence-electron chi connectivity index (χ1n) is 8.69. The fourth-order valence-corrected chi connectivity index (χ4v) is 3.09. The van der Waals surface area contributed by atoms with Gasteiger partial charge in [-0.25, -0.2) is 12.2 Å². The molecule has 4 aromatic rings. The Hall–Kier alpha value is -1.83. The number of fused-ring (bicyclic) bond motifs is 3. The smallest absolute Gasteiger partial charge is 0.0771 e. The van der Waals surface area contributed by atoms with E-state index in [0.717, 1.165) is 6.42 Å². The molecule has 0 unspecified atom stereocenters. The van der Waals surface area contributed by atoms with Crippen LogP contribution < -0.4 is 0 Å². The third-order valence-corrected chi connectivity index (χ3v) is 4.60. The van der Waals surface area contributed by atoms with Gasteiger partial charge in [0.15, 0.2) is 0 Å². The molecule has 0 radical (unpaired) electrons. The maximum Gasteiger partial charge on any atom is -0.0771 e. The van der Waals surface area contributed by atoms with Crippen LogP contribution in [0.4, 0.5) is 0 Å². The average Bonchev–Trinajstić information content (AvgIpc) is 3.40. The second-order valence-corrected chi connectivity index (χ2v) is 6.33. The topological polar surface area (TPSA) is 0 Å². The molecule has 0 aromatic heterocycles. The molecule has 150 valence electrons. The first-order valence-corrected chi connectivity index (χ1v) is 9.59. The van der Waals surface area contributed by atoms with E-state index in [-0.39, 0.29) is 32.2 Å². The van der Waals surface area contributed by atoms with Crippen LogP contribution in [0.5, 0.6) is 0 Å². The molecule has 0 atom stereocenters. The van der Waals surface area contributed by atoms with Gasteiger partial charge in [0, 0.05) is 0 Å². The minimum absolute atomic E-state index is 0. The van der Waals surface area contributed by atoms with Crippen LogP contribution in [0.25, 0.3) is 21.5 Å². The Balaban J connectivity index is 0.000000427. The van der Waals surface area contributed by atoms with Gasteiger partial charge in [0.05, 0.1) is 0 Å². The fourth-order valence-electron chi connectivity index (χ4n) is 2.79. The van der Waals surface area contributed by atoms with Gasteiger partial charge in [0.1, 0.15) is 0 Å². The molecule has 4 aromatic carbocycles. The first-order chi connectivity index (χ1) is 12.9. The van der Waals surface area contributed by atoms with Crippen LogP contribution in [0, 0.1) is 13.5 Å². The van der Waals surface area contributed by atoms with Crippen molar-refractivity contribution in [3.8, 4) is 0 Å². The minimum atomic E-state index is 0. The summed E-state index contributed by atoms with van der Waals surface area (Å²) in [5.41, 5.74) is 1.28. The van der Waals surface area contributed by atoms with E-state index in [2.05, 4.69) is 83.2 Å². The Bertz CT molecular complexity index is 970. The molecule has 0 bridgehead atoms. The maximum absolute atomic E-state index is 2.99. The molecule has 1 aliphatic carbocycles. The molecule has 5 rings (SSSR count). The molecule has 0 heterocycles. The average molecular weight is 456 g/mol. The number of rotatable bonds is 1. The van der Waals surface area contributed by atoms with Crippen molar-refractivity contribution in [1.29, 1.82) is 0 Å². The molecule has 0 spiro atoms. The number of benzene rings is 3. The number of halogens is 2. The molecule has 1 aliphatic rings. The van der Waals surface area contributed by atoms with Crippen molar-refractivity contribution in [2.45, 2.75) is 6.42 Å². The van der Waals surface area contributed by atoms with Crippen LogP contribution in [-0.2, 0) is 20.0 Å². The van der Waals surface area contributed by atoms with Gasteiger partial charge < -0.3 is 7.43 Å². The second kappa shape index (κ2) is 15.1. The van der Waals surface area contributed by atoms with Crippen LogP contribution >= 0.6 is 24.8 Å². The van der Waals surface area contributed by atoms with Crippen molar-refractivity contribution < 1.29 is 20.0 Å². The molecule has 0 nitrogen and oxygen atoms in total. The van der Waals surface area contributed by atoms with Crippen LogP contribution in [0.1, 0.15) is 12.0 Å². The molecule has 29 heavy (non-hydrogen) atoms. The predicted octanol–water partition coefficient (Wildman–Crippen LogP) is 7.70. The van der Waals surface area contributed by atoms with Gasteiger partial charge in [0.2, 0.25) is 0 Å². The summed E-state index contributed by atoms with van der Waals surface area (Å²) in [6.07, 6.45) is 10.0. The van der Waals surface area contributed by atoms with Gasteiger partial charge in [-0.1, -0.05) is 36.4 Å². The maximum atomic E-state index is 2.99. The molecule has 0 saturated carbocycles. The number of hydrogen-bond donors (Lipinski definition) is 0. The third-order valence-electron chi connectivity index (χ3n) is 4.07. The quantitative estimate of drug-likeness (QED) is 0.204. The van der Waals surface area contributed by atoms with E-state index in [4.69, 9.17) is 0 Å². The van der Waals surface area contributed by atoms with E-state index < -0.39 is 0 Å². The van der Waals surface area contributed by atoms with Gasteiger partial charge in [-0.3, -0.25) is 6.08 Å². The van der Waals surface area contributed by atoms with E-state index in [1.165, 1.54) is 27.1 Å². The van der Waals surface area contributed by atoms with E-state index in [1.54, 1.807) is 0 Å². The zero-order chi connectivity index (χ0) is 18.0. The van der Waals surface area contributed by atoms with Crippen molar-refractivity contribution in [1.82, 2.24) is 0 Å². The Kier molecular flexibility index (Phi) is 14.1. The molecule has 0 aliphatic heterocycles. The molecule has 3 heteroatoms. The van der Waals surface area contributed by atoms with Gasteiger partial charge in [-0.05, 0) is 0 Å². The summed E-state index contributed by atoms with van der Waals surface area (Å²) in [5, 5.41) is 5.39. The second-order valence-electron chi connectivity index (χ2n) is 5.88. The van der Waals surface area contributed by atoms with Crippen molar-refractivity contribution >= 4 is 50.7 Å². The van der Waals surface area contributed by atoms with E-state index in [1.807, 2.05) is 50.3 Å². The molecule has 0 fully saturated rings. The van der Waals surface area contributed by atoms with E-state index in [9.17, 15) is 0 Å². The van der Waals surface area contributed by atoms with Gasteiger partial charge >= 0.3 is 60.2 Å². The Morgan fingerprint density at radius 2 is 1.28 bits per heavy atom. The van der Waals surface area contributed by atoms with Crippen molar-refractivity contribution in [3.05, 3.63) is 122 Å². The minimum Gasteiger partial charge on any atom is -0.126 e. The van der Waals surface area contributed by atoms with E-state index >= 15 is 0 Å². The summed E-state index contributed by atoms with van der Waals surface area (Å²) in [6, 6.07) is 29.5. The van der Waals surface area contributed by atoms with E-state index in [0.29, 0.717) is 0 Å². The van der Waals surface area contributed by atoms with Gasteiger partial charge in [-0.15, -0.1) is 71.0 Å². The largest absolute Gasteiger partial charge is 0.126 e. The SMILES string of the molecule is Cl.Cl.[C-]1=CC=CC1.[CH3-].[Ti]=[CH]c1ccccc1.c1ccc2c(c1)[cH-]c1ccccc12. The van der Waals surface area contributed by atoms with Gasteiger partial charge in [-0.2, -0.15) is 6.08 Å². The zero-order valence-electron chi connectivity index (χ0n) is 16.4. The molecular formula is C26H25Cl2Ti-3. The van der Waals surface area contributed by atoms with Crippen LogP contribution in [0.3, 0.4) is 0 Å². The molecule has 0 saturated heterocycles. The first kappa shape index (κ1) is 27.2. The zero-order valence-corrected chi connectivity index (χ0v) is 19.6.